The van der Waals surface area contributed by atoms with Crippen LogP contribution >= 0.6 is 0 Å². The minimum absolute atomic E-state index is 0.106. The lowest BCUT2D eigenvalue weighted by Gasteiger charge is -2.32. The van der Waals surface area contributed by atoms with Gasteiger partial charge < -0.3 is 25.5 Å². The number of aryl methyl sites for hydroxylation is 1. The fraction of sp³-hybridized carbons (Fsp3) is 0.448. The largest absolute Gasteiger partial charge is 0.377 e. The summed E-state index contributed by atoms with van der Waals surface area (Å²) in [5.41, 5.74) is 8.71. The summed E-state index contributed by atoms with van der Waals surface area (Å²) in [4.78, 5) is 44.0. The number of rotatable bonds is 6. The molecule has 204 valence electrons. The summed E-state index contributed by atoms with van der Waals surface area (Å²) in [6.45, 7) is 4.15. The van der Waals surface area contributed by atoms with Crippen LogP contribution in [0.5, 0.6) is 0 Å². The average Bonchev–Trinajstić information content (AvgIpc) is 3.29. The van der Waals surface area contributed by atoms with Crippen molar-refractivity contribution in [3.05, 3.63) is 61.7 Å². The van der Waals surface area contributed by atoms with Crippen LogP contribution in [0.15, 0.2) is 16.9 Å². The van der Waals surface area contributed by atoms with Crippen LogP contribution in [0.2, 0.25) is 0 Å². The van der Waals surface area contributed by atoms with Gasteiger partial charge in [-0.2, -0.15) is 0 Å². The van der Waals surface area contributed by atoms with E-state index in [4.69, 9.17) is 15.5 Å². The van der Waals surface area contributed by atoms with E-state index >= 15 is 0 Å². The van der Waals surface area contributed by atoms with Crippen molar-refractivity contribution in [1.82, 2.24) is 14.9 Å². The average molecular weight is 535 g/mol. The zero-order valence-corrected chi connectivity index (χ0v) is 22.0. The summed E-state index contributed by atoms with van der Waals surface area (Å²) < 4.78 is 21.9. The number of carbonyl (C=O) groups excluding carboxylic acids is 2. The van der Waals surface area contributed by atoms with Crippen LogP contribution in [0, 0.1) is 12.7 Å². The van der Waals surface area contributed by atoms with Crippen molar-refractivity contribution < 1.29 is 23.8 Å². The first-order valence-corrected chi connectivity index (χ1v) is 13.4. The van der Waals surface area contributed by atoms with Crippen LogP contribution in [0.4, 0.5) is 4.39 Å². The number of ether oxygens (including phenoxy) is 1. The normalized spacial score (nSPS) is 21.1. The number of aromatic nitrogens is 2. The standard InChI is InChI=1S/C29H31FN4O5/c1-3-29(38)18-10-22-27-17(12-34(22)28(37)16(18)5-7-23(29)35)26-20(32-24(36)13-39-9-8-31)6-4-15-14(2)19(30)11-21(33-27)25(15)26/h10-11,20,38H,3-9,12-13,31H2,1-2H3,(H,32,36)/t20-,29-/m0/s1. The number of nitrogens with two attached hydrogens (primary N) is 1. The predicted octanol–water partition coefficient (Wildman–Crippen LogP) is 2.06. The van der Waals surface area contributed by atoms with Crippen molar-refractivity contribution >= 4 is 22.6 Å². The van der Waals surface area contributed by atoms with Crippen LogP contribution in [-0.4, -0.2) is 46.1 Å². The maximum absolute atomic E-state index is 15.0. The maximum Gasteiger partial charge on any atom is 0.254 e. The van der Waals surface area contributed by atoms with Crippen molar-refractivity contribution in [2.24, 2.45) is 5.73 Å². The minimum atomic E-state index is -1.73. The quantitative estimate of drug-likeness (QED) is 0.322. The molecule has 2 aliphatic carbocycles. The Balaban J connectivity index is 1.56. The Hall–Kier alpha value is -3.47. The molecule has 0 unspecified atom stereocenters. The third-order valence-electron chi connectivity index (χ3n) is 8.59. The van der Waals surface area contributed by atoms with Gasteiger partial charge in [0.05, 0.1) is 36.1 Å². The molecule has 2 aromatic heterocycles. The molecule has 39 heavy (non-hydrogen) atoms. The van der Waals surface area contributed by atoms with Crippen LogP contribution < -0.4 is 16.6 Å². The number of carbonyl (C=O) groups is 2. The van der Waals surface area contributed by atoms with Crippen LogP contribution in [0.25, 0.3) is 22.3 Å². The van der Waals surface area contributed by atoms with E-state index in [2.05, 4.69) is 5.32 Å². The lowest BCUT2D eigenvalue weighted by molar-refractivity contribution is -0.140. The molecule has 0 saturated carbocycles. The van der Waals surface area contributed by atoms with Gasteiger partial charge in [-0.15, -0.1) is 0 Å². The Morgan fingerprint density at radius 2 is 2.05 bits per heavy atom. The molecule has 1 aliphatic heterocycles. The van der Waals surface area contributed by atoms with Gasteiger partial charge in [-0.3, -0.25) is 14.4 Å². The molecule has 1 amide bonds. The van der Waals surface area contributed by atoms with Crippen LogP contribution in [0.1, 0.15) is 65.6 Å². The fourth-order valence-electron chi connectivity index (χ4n) is 6.57. The second-order valence-corrected chi connectivity index (χ2v) is 10.7. The van der Waals surface area contributed by atoms with Crippen molar-refractivity contribution in [2.75, 3.05) is 19.8 Å². The molecule has 3 aromatic rings. The lowest BCUT2D eigenvalue weighted by Crippen LogP contribution is -2.43. The monoisotopic (exact) mass is 534 g/mol. The molecule has 0 radical (unpaired) electrons. The van der Waals surface area contributed by atoms with E-state index < -0.39 is 5.60 Å². The summed E-state index contributed by atoms with van der Waals surface area (Å²) in [5, 5.41) is 15.2. The van der Waals surface area contributed by atoms with E-state index in [1.54, 1.807) is 24.5 Å². The first-order chi connectivity index (χ1) is 18.7. The molecule has 4 N–H and O–H groups in total. The Kier molecular flexibility index (Phi) is 6.16. The van der Waals surface area contributed by atoms with Crippen molar-refractivity contribution in [2.45, 2.75) is 64.1 Å². The highest BCUT2D eigenvalue weighted by atomic mass is 19.1. The molecular formula is C29H31FN4O5. The van der Waals surface area contributed by atoms with Gasteiger partial charge >= 0.3 is 0 Å². The Bertz CT molecular complexity index is 1630. The second-order valence-electron chi connectivity index (χ2n) is 10.7. The van der Waals surface area contributed by atoms with Crippen molar-refractivity contribution in [3.8, 4) is 11.4 Å². The second kappa shape index (κ2) is 9.32. The highest BCUT2D eigenvalue weighted by Crippen LogP contribution is 2.46. The number of hydrogen-bond donors (Lipinski definition) is 3. The highest BCUT2D eigenvalue weighted by Gasteiger charge is 2.43. The molecule has 10 heteroatoms. The molecule has 9 nitrogen and oxygen atoms in total. The Morgan fingerprint density at radius 1 is 1.26 bits per heavy atom. The third-order valence-corrected chi connectivity index (χ3v) is 8.59. The topological polar surface area (TPSA) is 137 Å². The van der Waals surface area contributed by atoms with E-state index in [1.807, 2.05) is 0 Å². The molecule has 3 heterocycles. The molecule has 3 aliphatic rings. The van der Waals surface area contributed by atoms with Gasteiger partial charge in [-0.05, 0) is 55.4 Å². The van der Waals surface area contributed by atoms with Crippen LogP contribution in [-0.2, 0) is 39.3 Å². The smallest absolute Gasteiger partial charge is 0.254 e. The number of halogens is 1. The number of benzene rings is 1. The molecular weight excluding hydrogens is 503 g/mol. The number of Topliss-reactive ketones (excluding diaryl/α,β-unsaturated/α-hetero) is 1. The molecule has 6 rings (SSSR count). The first kappa shape index (κ1) is 25.8. The molecule has 0 spiro atoms. The number of nitrogens with zero attached hydrogens (tertiary/aromatic N) is 2. The van der Waals surface area contributed by atoms with Gasteiger partial charge in [0, 0.05) is 41.1 Å². The number of fused-ring (bicyclic) bond motifs is 5. The van der Waals surface area contributed by atoms with E-state index in [0.717, 1.165) is 22.1 Å². The number of pyridine rings is 2. The van der Waals surface area contributed by atoms with Crippen molar-refractivity contribution in [1.29, 1.82) is 0 Å². The predicted molar refractivity (Wildman–Crippen MR) is 142 cm³/mol. The molecule has 0 fully saturated rings. The third kappa shape index (κ3) is 3.76. The van der Waals surface area contributed by atoms with E-state index in [0.29, 0.717) is 53.0 Å². The van der Waals surface area contributed by atoms with Crippen molar-refractivity contribution in [3.63, 3.8) is 0 Å². The Labute approximate surface area is 224 Å². The van der Waals surface area contributed by atoms with Gasteiger partial charge in [0.25, 0.3) is 5.56 Å². The van der Waals surface area contributed by atoms with Gasteiger partial charge in [-0.25, -0.2) is 9.37 Å². The zero-order chi connectivity index (χ0) is 27.6. The minimum Gasteiger partial charge on any atom is -0.377 e. The summed E-state index contributed by atoms with van der Waals surface area (Å²) >= 11 is 0. The molecule has 1 aromatic carbocycles. The highest BCUT2D eigenvalue weighted by molar-refractivity contribution is 5.94. The number of aliphatic hydroxyl groups is 1. The van der Waals surface area contributed by atoms with E-state index in [-0.39, 0.29) is 68.1 Å². The summed E-state index contributed by atoms with van der Waals surface area (Å²) in [6, 6.07) is 2.72. The number of nitrogens with one attached hydrogen (secondary N) is 1. The zero-order valence-electron chi connectivity index (χ0n) is 22.0. The fourth-order valence-corrected chi connectivity index (χ4v) is 6.57. The maximum atomic E-state index is 15.0. The van der Waals surface area contributed by atoms with Gasteiger partial charge in [0.15, 0.2) is 5.78 Å². The summed E-state index contributed by atoms with van der Waals surface area (Å²) in [5.74, 6) is -0.951. The van der Waals surface area contributed by atoms with Crippen LogP contribution in [0.3, 0.4) is 0 Å². The SMILES string of the molecule is CC[C@@]1(O)C(=O)CCc2c1cc1n(c2=O)Cc2c-1nc1cc(F)c(C)c3c1c2[C@@H](NC(=O)COCCN)CC3. The molecule has 0 bridgehead atoms. The van der Waals surface area contributed by atoms with Gasteiger partial charge in [-0.1, -0.05) is 6.92 Å². The van der Waals surface area contributed by atoms with E-state index in [9.17, 15) is 23.9 Å². The van der Waals surface area contributed by atoms with Gasteiger partial charge in [0.1, 0.15) is 18.0 Å². The Morgan fingerprint density at radius 3 is 2.79 bits per heavy atom. The lowest BCUT2D eigenvalue weighted by atomic mass is 9.77. The number of hydrogen-bond acceptors (Lipinski definition) is 7. The molecule has 0 saturated heterocycles. The first-order valence-electron chi connectivity index (χ1n) is 13.4. The summed E-state index contributed by atoms with van der Waals surface area (Å²) in [7, 11) is 0. The van der Waals surface area contributed by atoms with E-state index in [1.165, 1.54) is 6.07 Å². The number of amides is 1. The molecule has 2 atom stereocenters. The number of ketones is 1. The summed E-state index contributed by atoms with van der Waals surface area (Å²) in [6.07, 6.45) is 1.64. The van der Waals surface area contributed by atoms with Gasteiger partial charge in [0.2, 0.25) is 5.91 Å².